The summed E-state index contributed by atoms with van der Waals surface area (Å²) in [5.41, 5.74) is 0.919. The van der Waals surface area contributed by atoms with Gasteiger partial charge in [0.15, 0.2) is 5.76 Å². The van der Waals surface area contributed by atoms with Crippen LogP contribution in [-0.4, -0.2) is 12.3 Å². The largest absolute Gasteiger partial charge is 0.496 e. The highest BCUT2D eigenvalue weighted by Gasteiger charge is 2.06. The van der Waals surface area contributed by atoms with Gasteiger partial charge in [0, 0.05) is 6.07 Å². The predicted molar refractivity (Wildman–Crippen MR) is 48.5 cm³/mol. The van der Waals surface area contributed by atoms with E-state index in [1.807, 2.05) is 24.3 Å². The fourth-order valence-electron chi connectivity index (χ4n) is 1.20. The minimum atomic E-state index is 0.720. The summed E-state index contributed by atoms with van der Waals surface area (Å²) in [6.07, 6.45) is 1.61. The first-order valence-corrected chi connectivity index (χ1v) is 3.96. The molecular weight excluding hydrogens is 166 g/mol. The van der Waals surface area contributed by atoms with Crippen molar-refractivity contribution < 1.29 is 9.26 Å². The van der Waals surface area contributed by atoms with Crippen LogP contribution in [0, 0.1) is 0 Å². The molecule has 3 nitrogen and oxygen atoms in total. The Bertz CT molecular complexity index is 382. The van der Waals surface area contributed by atoms with E-state index < -0.39 is 0 Å². The number of benzene rings is 1. The summed E-state index contributed by atoms with van der Waals surface area (Å²) >= 11 is 0. The van der Waals surface area contributed by atoms with Gasteiger partial charge in [-0.15, -0.1) is 0 Å². The Hall–Kier alpha value is -1.77. The Morgan fingerprint density at radius 1 is 1.23 bits per heavy atom. The summed E-state index contributed by atoms with van der Waals surface area (Å²) < 4.78 is 10.2. The van der Waals surface area contributed by atoms with Gasteiger partial charge in [-0.05, 0) is 12.1 Å². The van der Waals surface area contributed by atoms with Crippen LogP contribution in [-0.2, 0) is 0 Å². The lowest BCUT2D eigenvalue weighted by atomic mass is 10.1. The zero-order valence-corrected chi connectivity index (χ0v) is 7.23. The summed E-state index contributed by atoms with van der Waals surface area (Å²) in [5, 5.41) is 3.64. The van der Waals surface area contributed by atoms with Gasteiger partial charge in [0.2, 0.25) is 0 Å². The van der Waals surface area contributed by atoms with Gasteiger partial charge in [-0.25, -0.2) is 0 Å². The quantitative estimate of drug-likeness (QED) is 0.702. The van der Waals surface area contributed by atoms with E-state index in [2.05, 4.69) is 5.16 Å². The number of nitrogens with zero attached hydrogens (tertiary/aromatic N) is 1. The second-order valence-electron chi connectivity index (χ2n) is 2.58. The van der Waals surface area contributed by atoms with Crippen molar-refractivity contribution in [1.29, 1.82) is 0 Å². The number of hydrogen-bond donors (Lipinski definition) is 0. The van der Waals surface area contributed by atoms with Crippen LogP contribution in [0.3, 0.4) is 0 Å². The maximum Gasteiger partial charge on any atom is 0.170 e. The molecule has 1 heterocycles. The van der Waals surface area contributed by atoms with Crippen molar-refractivity contribution in [3.05, 3.63) is 36.5 Å². The van der Waals surface area contributed by atoms with E-state index in [9.17, 15) is 0 Å². The molecule has 0 aliphatic heterocycles. The molecule has 13 heavy (non-hydrogen) atoms. The van der Waals surface area contributed by atoms with E-state index in [1.165, 1.54) is 0 Å². The minimum absolute atomic E-state index is 0.720. The van der Waals surface area contributed by atoms with Crippen LogP contribution >= 0.6 is 0 Å². The molecule has 66 valence electrons. The molecule has 0 radical (unpaired) electrons. The Morgan fingerprint density at radius 2 is 2.08 bits per heavy atom. The first-order chi connectivity index (χ1) is 6.42. The van der Waals surface area contributed by atoms with Gasteiger partial charge in [-0.2, -0.15) is 0 Å². The Morgan fingerprint density at radius 3 is 2.77 bits per heavy atom. The third-order valence-electron chi connectivity index (χ3n) is 1.81. The van der Waals surface area contributed by atoms with Gasteiger partial charge in [-0.3, -0.25) is 0 Å². The highest BCUT2D eigenvalue weighted by molar-refractivity contribution is 5.64. The minimum Gasteiger partial charge on any atom is -0.496 e. The fraction of sp³-hybridized carbons (Fsp3) is 0.100. The van der Waals surface area contributed by atoms with Crippen LogP contribution in [0.5, 0.6) is 5.75 Å². The van der Waals surface area contributed by atoms with Crippen LogP contribution in [0.4, 0.5) is 0 Å². The van der Waals surface area contributed by atoms with Gasteiger partial charge in [0.1, 0.15) is 5.75 Å². The predicted octanol–water partition coefficient (Wildman–Crippen LogP) is 2.35. The van der Waals surface area contributed by atoms with Crippen LogP contribution in [0.25, 0.3) is 11.3 Å². The normalized spacial score (nSPS) is 9.92. The number of rotatable bonds is 2. The van der Waals surface area contributed by atoms with E-state index in [0.717, 1.165) is 17.1 Å². The van der Waals surface area contributed by atoms with E-state index >= 15 is 0 Å². The zero-order valence-electron chi connectivity index (χ0n) is 7.23. The van der Waals surface area contributed by atoms with E-state index in [4.69, 9.17) is 9.26 Å². The molecule has 0 atom stereocenters. The smallest absolute Gasteiger partial charge is 0.170 e. The molecule has 0 amide bonds. The Balaban J connectivity index is 2.51. The summed E-state index contributed by atoms with van der Waals surface area (Å²) in [7, 11) is 1.63. The van der Waals surface area contributed by atoms with E-state index in [0.29, 0.717) is 0 Å². The van der Waals surface area contributed by atoms with Crippen molar-refractivity contribution in [2.24, 2.45) is 0 Å². The van der Waals surface area contributed by atoms with Crippen LogP contribution in [0.15, 0.2) is 41.1 Å². The summed E-state index contributed by atoms with van der Waals surface area (Å²) in [5.74, 6) is 1.51. The van der Waals surface area contributed by atoms with E-state index in [-0.39, 0.29) is 0 Å². The highest BCUT2D eigenvalue weighted by atomic mass is 16.5. The molecule has 0 fully saturated rings. The molecule has 0 unspecified atom stereocenters. The SMILES string of the molecule is COc1ccccc1-c1ccno1. The Kier molecular flexibility index (Phi) is 2.00. The van der Waals surface area contributed by atoms with Crippen LogP contribution < -0.4 is 4.74 Å². The molecule has 1 aromatic carbocycles. The monoisotopic (exact) mass is 175 g/mol. The first kappa shape index (κ1) is 7.86. The molecule has 3 heteroatoms. The van der Waals surface area contributed by atoms with Crippen LogP contribution in [0.2, 0.25) is 0 Å². The van der Waals surface area contributed by atoms with E-state index in [1.54, 1.807) is 19.4 Å². The number of ether oxygens (including phenoxy) is 1. The molecule has 0 bridgehead atoms. The molecule has 0 aliphatic carbocycles. The molecule has 0 spiro atoms. The highest BCUT2D eigenvalue weighted by Crippen LogP contribution is 2.28. The first-order valence-electron chi connectivity index (χ1n) is 3.96. The van der Waals surface area contributed by atoms with Crippen molar-refractivity contribution in [2.75, 3.05) is 7.11 Å². The average Bonchev–Trinajstić information content (AvgIpc) is 2.70. The lowest BCUT2D eigenvalue weighted by molar-refractivity contribution is 0.406. The lowest BCUT2D eigenvalue weighted by Gasteiger charge is -2.03. The maximum atomic E-state index is 5.18. The molecule has 0 saturated carbocycles. The topological polar surface area (TPSA) is 35.3 Å². The number of aromatic nitrogens is 1. The molecule has 0 aliphatic rings. The molecule has 0 saturated heterocycles. The van der Waals surface area contributed by atoms with Crippen molar-refractivity contribution in [2.45, 2.75) is 0 Å². The standard InChI is InChI=1S/C10H9NO2/c1-12-9-5-3-2-4-8(9)10-6-7-11-13-10/h2-7H,1H3. The third-order valence-corrected chi connectivity index (χ3v) is 1.81. The van der Waals surface area contributed by atoms with Crippen molar-refractivity contribution in [3.63, 3.8) is 0 Å². The molecule has 1 aromatic heterocycles. The number of para-hydroxylation sites is 1. The maximum absolute atomic E-state index is 5.18. The molecule has 2 aromatic rings. The molecular formula is C10H9NO2. The van der Waals surface area contributed by atoms with Gasteiger partial charge in [-0.1, -0.05) is 17.3 Å². The van der Waals surface area contributed by atoms with Crippen LogP contribution in [0.1, 0.15) is 0 Å². The van der Waals surface area contributed by atoms with Gasteiger partial charge < -0.3 is 9.26 Å². The summed E-state index contributed by atoms with van der Waals surface area (Å²) in [4.78, 5) is 0. The average molecular weight is 175 g/mol. The third kappa shape index (κ3) is 1.40. The second kappa shape index (κ2) is 3.31. The number of methoxy groups -OCH3 is 1. The van der Waals surface area contributed by atoms with Crippen molar-refractivity contribution >= 4 is 0 Å². The Labute approximate surface area is 75.9 Å². The van der Waals surface area contributed by atoms with Gasteiger partial charge in [0.25, 0.3) is 0 Å². The molecule has 2 rings (SSSR count). The lowest BCUT2D eigenvalue weighted by Crippen LogP contribution is -1.85. The summed E-state index contributed by atoms with van der Waals surface area (Å²) in [6, 6.07) is 9.47. The molecule has 0 N–H and O–H groups in total. The fourth-order valence-corrected chi connectivity index (χ4v) is 1.20. The van der Waals surface area contributed by atoms with Gasteiger partial charge >= 0.3 is 0 Å². The van der Waals surface area contributed by atoms with Crippen molar-refractivity contribution in [1.82, 2.24) is 5.16 Å². The van der Waals surface area contributed by atoms with Crippen molar-refractivity contribution in [3.8, 4) is 17.1 Å². The zero-order chi connectivity index (χ0) is 9.10. The number of hydrogen-bond acceptors (Lipinski definition) is 3. The second-order valence-corrected chi connectivity index (χ2v) is 2.58. The summed E-state index contributed by atoms with van der Waals surface area (Å²) in [6.45, 7) is 0. The van der Waals surface area contributed by atoms with Gasteiger partial charge in [0.05, 0.1) is 18.9 Å².